The first-order chi connectivity index (χ1) is 9.08. The highest BCUT2D eigenvalue weighted by Crippen LogP contribution is 2.26. The van der Waals surface area contributed by atoms with Gasteiger partial charge in [-0.15, -0.1) is 0 Å². The molecule has 2 aromatic carbocycles. The van der Waals surface area contributed by atoms with Gasteiger partial charge in [0.1, 0.15) is 0 Å². The second-order valence-corrected chi connectivity index (χ2v) is 4.85. The van der Waals surface area contributed by atoms with Crippen molar-refractivity contribution < 1.29 is 10.2 Å². The van der Waals surface area contributed by atoms with Gasteiger partial charge in [0.25, 0.3) is 0 Å². The Morgan fingerprint density at radius 1 is 0.895 bits per heavy atom. The molecule has 2 rings (SSSR count). The zero-order valence-electron chi connectivity index (χ0n) is 11.3. The molecule has 0 aliphatic heterocycles. The van der Waals surface area contributed by atoms with E-state index in [2.05, 4.69) is 17.0 Å². The van der Waals surface area contributed by atoms with Crippen LogP contribution in [0.25, 0.3) is 0 Å². The average Bonchev–Trinajstić information content (AvgIpc) is 2.40. The minimum Gasteiger partial charge on any atom is -0.504 e. The van der Waals surface area contributed by atoms with Crippen molar-refractivity contribution in [2.24, 2.45) is 0 Å². The Morgan fingerprint density at radius 2 is 1.63 bits per heavy atom. The summed E-state index contributed by atoms with van der Waals surface area (Å²) in [7, 11) is 4.07. The molecule has 2 N–H and O–H groups in total. The van der Waals surface area contributed by atoms with Gasteiger partial charge in [-0.1, -0.05) is 24.3 Å². The summed E-state index contributed by atoms with van der Waals surface area (Å²) in [5, 5.41) is 18.8. The topological polar surface area (TPSA) is 43.7 Å². The smallest absolute Gasteiger partial charge is 0.157 e. The molecule has 3 nitrogen and oxygen atoms in total. The van der Waals surface area contributed by atoms with Crippen LogP contribution >= 0.6 is 0 Å². The molecule has 100 valence electrons. The van der Waals surface area contributed by atoms with E-state index in [4.69, 9.17) is 0 Å². The van der Waals surface area contributed by atoms with E-state index in [1.165, 1.54) is 17.3 Å². The Morgan fingerprint density at radius 3 is 2.32 bits per heavy atom. The van der Waals surface area contributed by atoms with Crippen molar-refractivity contribution in [1.29, 1.82) is 0 Å². The van der Waals surface area contributed by atoms with Crippen molar-refractivity contribution in [2.75, 3.05) is 19.0 Å². The predicted molar refractivity (Wildman–Crippen MR) is 77.9 cm³/mol. The standard InChI is InChI=1S/C16H19NO2/c1-17(2)14-6-4-3-5-13(14)9-7-12-8-10-15(18)16(19)11-12/h3-6,8,10-11,18-19H,7,9H2,1-2H3. The highest BCUT2D eigenvalue weighted by molar-refractivity contribution is 5.52. The van der Waals surface area contributed by atoms with E-state index in [-0.39, 0.29) is 11.5 Å². The second-order valence-electron chi connectivity index (χ2n) is 4.85. The van der Waals surface area contributed by atoms with Crippen molar-refractivity contribution in [1.82, 2.24) is 0 Å². The number of para-hydroxylation sites is 1. The molecular formula is C16H19NO2. The number of rotatable bonds is 4. The quantitative estimate of drug-likeness (QED) is 0.828. The van der Waals surface area contributed by atoms with Gasteiger partial charge in [0.2, 0.25) is 0 Å². The van der Waals surface area contributed by atoms with E-state index in [1.807, 2.05) is 32.3 Å². The number of aryl methyl sites for hydroxylation is 2. The molecule has 0 unspecified atom stereocenters. The fourth-order valence-corrected chi connectivity index (χ4v) is 2.16. The van der Waals surface area contributed by atoms with Crippen LogP contribution in [0.15, 0.2) is 42.5 Å². The fraction of sp³-hybridized carbons (Fsp3) is 0.250. The number of hydrogen-bond acceptors (Lipinski definition) is 3. The minimum absolute atomic E-state index is 0.0570. The summed E-state index contributed by atoms with van der Waals surface area (Å²) in [6.45, 7) is 0. The van der Waals surface area contributed by atoms with E-state index < -0.39 is 0 Å². The molecule has 0 aliphatic rings. The van der Waals surface area contributed by atoms with Crippen molar-refractivity contribution in [3.05, 3.63) is 53.6 Å². The maximum Gasteiger partial charge on any atom is 0.157 e. The Bertz CT molecular complexity index is 564. The van der Waals surface area contributed by atoms with Crippen LogP contribution in [0.5, 0.6) is 11.5 Å². The Kier molecular flexibility index (Phi) is 3.95. The van der Waals surface area contributed by atoms with Crippen LogP contribution in [0.2, 0.25) is 0 Å². The van der Waals surface area contributed by atoms with Crippen LogP contribution in [0, 0.1) is 0 Å². The van der Waals surface area contributed by atoms with Gasteiger partial charge in [0, 0.05) is 19.8 Å². The first-order valence-electron chi connectivity index (χ1n) is 6.34. The van der Waals surface area contributed by atoms with Crippen LogP contribution in [0.4, 0.5) is 5.69 Å². The van der Waals surface area contributed by atoms with Gasteiger partial charge in [-0.05, 0) is 42.2 Å². The van der Waals surface area contributed by atoms with Gasteiger partial charge >= 0.3 is 0 Å². The van der Waals surface area contributed by atoms with Gasteiger partial charge in [-0.3, -0.25) is 0 Å². The number of anilines is 1. The lowest BCUT2D eigenvalue weighted by atomic mass is 10.0. The number of hydrogen-bond donors (Lipinski definition) is 2. The number of nitrogens with zero attached hydrogens (tertiary/aromatic N) is 1. The molecule has 19 heavy (non-hydrogen) atoms. The third-order valence-corrected chi connectivity index (χ3v) is 3.20. The van der Waals surface area contributed by atoms with Crippen molar-refractivity contribution in [3.63, 3.8) is 0 Å². The molecule has 0 saturated heterocycles. The highest BCUT2D eigenvalue weighted by atomic mass is 16.3. The molecule has 0 amide bonds. The van der Waals surface area contributed by atoms with E-state index in [1.54, 1.807) is 6.07 Å². The molecule has 0 fully saturated rings. The number of benzene rings is 2. The first kappa shape index (κ1) is 13.3. The molecule has 0 aliphatic carbocycles. The van der Waals surface area contributed by atoms with E-state index in [0.717, 1.165) is 18.4 Å². The largest absolute Gasteiger partial charge is 0.504 e. The zero-order valence-corrected chi connectivity index (χ0v) is 11.3. The average molecular weight is 257 g/mol. The zero-order chi connectivity index (χ0) is 13.8. The molecule has 2 aromatic rings. The predicted octanol–water partition coefficient (Wildman–Crippen LogP) is 2.95. The molecule has 0 heterocycles. The lowest BCUT2D eigenvalue weighted by molar-refractivity contribution is 0.403. The Labute approximate surface area is 113 Å². The van der Waals surface area contributed by atoms with Gasteiger partial charge in [-0.25, -0.2) is 0 Å². The van der Waals surface area contributed by atoms with E-state index in [9.17, 15) is 10.2 Å². The maximum atomic E-state index is 9.48. The number of aromatic hydroxyl groups is 2. The molecule has 3 heteroatoms. The second kappa shape index (κ2) is 5.65. The monoisotopic (exact) mass is 257 g/mol. The molecule has 0 saturated carbocycles. The molecule has 0 atom stereocenters. The summed E-state index contributed by atoms with van der Waals surface area (Å²) in [6, 6.07) is 13.3. The van der Waals surface area contributed by atoms with Gasteiger partial charge < -0.3 is 15.1 Å². The summed E-state index contributed by atoms with van der Waals surface area (Å²) >= 11 is 0. The first-order valence-corrected chi connectivity index (χ1v) is 6.34. The van der Waals surface area contributed by atoms with Crippen LogP contribution in [-0.4, -0.2) is 24.3 Å². The van der Waals surface area contributed by atoms with Crippen LogP contribution in [0.1, 0.15) is 11.1 Å². The lowest BCUT2D eigenvalue weighted by Gasteiger charge is -2.17. The summed E-state index contributed by atoms with van der Waals surface area (Å²) < 4.78 is 0. The highest BCUT2D eigenvalue weighted by Gasteiger charge is 2.05. The summed E-state index contributed by atoms with van der Waals surface area (Å²) in [5.41, 5.74) is 3.51. The number of phenolic OH excluding ortho intramolecular Hbond substituents is 2. The van der Waals surface area contributed by atoms with Crippen LogP contribution < -0.4 is 4.90 Å². The molecule has 0 spiro atoms. The van der Waals surface area contributed by atoms with Gasteiger partial charge in [0.05, 0.1) is 0 Å². The van der Waals surface area contributed by atoms with E-state index >= 15 is 0 Å². The van der Waals surface area contributed by atoms with Crippen molar-refractivity contribution in [2.45, 2.75) is 12.8 Å². The summed E-state index contributed by atoms with van der Waals surface area (Å²) in [5.74, 6) is -0.129. The van der Waals surface area contributed by atoms with Gasteiger partial charge in [0.15, 0.2) is 11.5 Å². The molecular weight excluding hydrogens is 238 g/mol. The van der Waals surface area contributed by atoms with Crippen molar-refractivity contribution in [3.8, 4) is 11.5 Å². The Balaban J connectivity index is 2.12. The lowest BCUT2D eigenvalue weighted by Crippen LogP contribution is -2.11. The maximum absolute atomic E-state index is 9.48. The van der Waals surface area contributed by atoms with Crippen LogP contribution in [-0.2, 0) is 12.8 Å². The van der Waals surface area contributed by atoms with Crippen molar-refractivity contribution >= 4 is 5.69 Å². The summed E-state index contributed by atoms with van der Waals surface area (Å²) in [6.07, 6.45) is 1.73. The molecule has 0 radical (unpaired) electrons. The number of phenols is 2. The Hall–Kier alpha value is -2.16. The minimum atomic E-state index is -0.0718. The third-order valence-electron chi connectivity index (χ3n) is 3.20. The normalized spacial score (nSPS) is 10.4. The fourth-order valence-electron chi connectivity index (χ4n) is 2.16. The van der Waals surface area contributed by atoms with Gasteiger partial charge in [-0.2, -0.15) is 0 Å². The summed E-state index contributed by atoms with van der Waals surface area (Å²) in [4.78, 5) is 2.10. The van der Waals surface area contributed by atoms with Crippen LogP contribution in [0.3, 0.4) is 0 Å². The molecule has 0 aromatic heterocycles. The SMILES string of the molecule is CN(C)c1ccccc1CCc1ccc(O)c(O)c1. The molecule has 0 bridgehead atoms. The van der Waals surface area contributed by atoms with E-state index in [0.29, 0.717) is 0 Å². The third kappa shape index (κ3) is 3.19.